The molecule has 0 N–H and O–H groups in total. The van der Waals surface area contributed by atoms with Crippen molar-refractivity contribution in [1.29, 1.82) is 0 Å². The molecular weight excluding hydrogens is 723 g/mol. The van der Waals surface area contributed by atoms with Gasteiger partial charge in [-0.05, 0) is 81.5 Å². The van der Waals surface area contributed by atoms with Crippen molar-refractivity contribution in [1.82, 2.24) is 29.1 Å². The van der Waals surface area contributed by atoms with Gasteiger partial charge in [-0.3, -0.25) is 0 Å². The minimum absolute atomic E-state index is 0. The van der Waals surface area contributed by atoms with Crippen molar-refractivity contribution in [3.8, 4) is 0 Å². The maximum atomic E-state index is 9.75. The van der Waals surface area contributed by atoms with E-state index in [1.807, 2.05) is 36.8 Å². The van der Waals surface area contributed by atoms with Crippen LogP contribution in [0.25, 0.3) is 0 Å². The van der Waals surface area contributed by atoms with Crippen LogP contribution in [0.3, 0.4) is 0 Å². The molecule has 0 saturated carbocycles. The molecule has 3 aromatic rings. The fourth-order valence-corrected chi connectivity index (χ4v) is 6.98. The van der Waals surface area contributed by atoms with Crippen molar-refractivity contribution in [2.45, 2.75) is 86.2 Å². The van der Waals surface area contributed by atoms with Crippen LogP contribution in [-0.4, -0.2) is 72.0 Å². The average molecular weight is 765 g/mol. The van der Waals surface area contributed by atoms with Crippen molar-refractivity contribution in [2.24, 2.45) is 0 Å². The van der Waals surface area contributed by atoms with Gasteiger partial charge in [-0.15, -0.1) is 0 Å². The molecule has 0 aliphatic heterocycles. The van der Waals surface area contributed by atoms with Crippen LogP contribution in [0, 0.1) is 0 Å². The van der Waals surface area contributed by atoms with Crippen LogP contribution in [0.15, 0.2) is 55.4 Å². The number of Topliss-reactive ketones (excluding diaryl/α,β-unsaturated/α-hetero) is 2. The minimum Gasteiger partial charge on any atom is -0.425 e. The summed E-state index contributed by atoms with van der Waals surface area (Å²) in [4.78, 5) is 18.9. The predicted molar refractivity (Wildman–Crippen MR) is 154 cm³/mol. The van der Waals surface area contributed by atoms with Crippen LogP contribution in [0.5, 0.6) is 0 Å². The summed E-state index contributed by atoms with van der Waals surface area (Å²) in [5.41, 5.74) is 2.69. The van der Waals surface area contributed by atoms with E-state index in [2.05, 4.69) is 56.8 Å². The number of nitrogens with zero attached hydrogens (tertiary/aromatic N) is 6. The van der Waals surface area contributed by atoms with E-state index in [0.29, 0.717) is 0 Å². The number of hydrogen-bond acceptors (Lipinski definition) is 5. The molecular formula is C24H42B2F4N6O2OsP. The molecule has 0 aliphatic rings. The van der Waals surface area contributed by atoms with Crippen molar-refractivity contribution in [2.75, 3.05) is 0 Å². The fraction of sp³-hybridized carbons (Fsp3) is 0.542. The molecule has 40 heavy (non-hydrogen) atoms. The van der Waals surface area contributed by atoms with E-state index in [0.717, 1.165) is 17.0 Å². The average Bonchev–Trinajstić information content (AvgIpc) is 3.51. The molecule has 8 nitrogen and oxygen atoms in total. The monoisotopic (exact) mass is 767 g/mol. The summed E-state index contributed by atoms with van der Waals surface area (Å²) in [6.07, 6.45) is 10.9. The van der Waals surface area contributed by atoms with E-state index in [1.54, 1.807) is 32.4 Å². The third kappa shape index (κ3) is 23.7. The SMILES string of the molecule is CC(C)=O.CC(C)=O.CC(C)P(C(C)C)C(C)C.F[B-](F)(F)F.[Os+2].c1cnn([B-](n2cccn2)n2cccn2)c1. The Morgan fingerprint density at radius 3 is 0.950 bits per heavy atom. The zero-order valence-electron chi connectivity index (χ0n) is 24.9. The molecule has 1 radical (unpaired) electrons. The summed E-state index contributed by atoms with van der Waals surface area (Å²) in [7, 11) is -5.93. The first kappa shape index (κ1) is 42.4. The second kappa shape index (κ2) is 22.6. The van der Waals surface area contributed by atoms with E-state index in [1.165, 1.54) is 27.7 Å². The molecule has 0 aromatic carbocycles. The van der Waals surface area contributed by atoms with Crippen molar-refractivity contribution >= 4 is 33.9 Å². The minimum atomic E-state index is -6.00. The Morgan fingerprint density at radius 2 is 0.850 bits per heavy atom. The first-order valence-corrected chi connectivity index (χ1v) is 14.0. The van der Waals surface area contributed by atoms with Gasteiger partial charge in [-0.25, -0.2) is 15.3 Å². The smallest absolute Gasteiger partial charge is 0.425 e. The van der Waals surface area contributed by atoms with Gasteiger partial charge in [0.05, 0.1) is 0 Å². The Labute approximate surface area is 250 Å². The summed E-state index contributed by atoms with van der Waals surface area (Å²) in [6.45, 7) is 20.2. The topological polar surface area (TPSA) is 87.6 Å². The molecule has 0 aliphatic carbocycles. The Bertz CT molecular complexity index is 881. The molecule has 16 heteroatoms. The zero-order valence-corrected chi connectivity index (χ0v) is 28.3. The molecule has 0 fully saturated rings. The van der Waals surface area contributed by atoms with Crippen LogP contribution in [0.2, 0.25) is 0 Å². The molecule has 3 heterocycles. The standard InChI is InChI=1S/C9H9BN6.C9H21P.2C3H6O.BF4.Os/c1-4-11-14(7-1)10(15-8-2-5-12-15)16-9-3-6-13-16;1-7(2)10(8(3)4)9(5)6;2*1-3(2)4;2-1(3,4)5;/h1-9H;7-9H,1-6H3;2*1-2H3;;/q-1;;;;-1;+2. The van der Waals surface area contributed by atoms with Crippen LogP contribution < -0.4 is 0 Å². The second-order valence-electron chi connectivity index (χ2n) is 9.34. The predicted octanol–water partition coefficient (Wildman–Crippen LogP) is 6.39. The van der Waals surface area contributed by atoms with Gasteiger partial charge >= 0.3 is 27.0 Å². The van der Waals surface area contributed by atoms with Gasteiger partial charge in [0.15, 0.2) is 0 Å². The van der Waals surface area contributed by atoms with Crippen molar-refractivity contribution < 1.29 is 46.6 Å². The Balaban J connectivity index is -0.000000492. The fourth-order valence-electron chi connectivity index (χ4n) is 3.40. The van der Waals surface area contributed by atoms with E-state index < -0.39 is 7.25 Å². The number of aromatic nitrogens is 6. The van der Waals surface area contributed by atoms with E-state index in [9.17, 15) is 26.9 Å². The largest absolute Gasteiger partial charge is 2.00 e. The first-order valence-electron chi connectivity index (χ1n) is 12.4. The quantitative estimate of drug-likeness (QED) is 0.165. The number of rotatable bonds is 6. The number of ketones is 2. The van der Waals surface area contributed by atoms with Crippen LogP contribution in [-0.2, 0) is 29.4 Å². The second-order valence-corrected chi connectivity index (χ2v) is 13.3. The third-order valence-corrected chi connectivity index (χ3v) is 7.65. The summed E-state index contributed by atoms with van der Waals surface area (Å²) in [5.74, 6) is 0.333. The first-order chi connectivity index (χ1) is 17.9. The Kier molecular flexibility index (Phi) is 23.9. The number of carbonyl (C=O) groups is 2. The molecule has 227 valence electrons. The third-order valence-electron chi connectivity index (χ3n) is 4.07. The molecule has 3 aromatic heterocycles. The van der Waals surface area contributed by atoms with Gasteiger partial charge in [-0.1, -0.05) is 49.5 Å². The Hall–Kier alpha value is -2.11. The summed E-state index contributed by atoms with van der Waals surface area (Å²) >= 11 is 0. The van der Waals surface area contributed by atoms with Gasteiger partial charge in [0.25, 0.3) is 7.12 Å². The van der Waals surface area contributed by atoms with Crippen LogP contribution >= 0.6 is 7.92 Å². The van der Waals surface area contributed by atoms with Crippen LogP contribution in [0.1, 0.15) is 69.2 Å². The van der Waals surface area contributed by atoms with E-state index in [-0.39, 0.29) is 46.4 Å². The van der Waals surface area contributed by atoms with E-state index >= 15 is 0 Å². The normalized spacial score (nSPS) is 10.4. The van der Waals surface area contributed by atoms with Crippen molar-refractivity contribution in [3.63, 3.8) is 0 Å². The molecule has 0 bridgehead atoms. The van der Waals surface area contributed by atoms with Gasteiger partial charge in [0, 0.05) is 18.6 Å². The maximum Gasteiger partial charge on any atom is 2.00 e. The number of carbonyl (C=O) groups excluding carboxylic acids is 2. The molecule has 0 saturated heterocycles. The molecule has 0 atom stereocenters. The van der Waals surface area contributed by atoms with Gasteiger partial charge in [-0.2, -0.15) is 0 Å². The molecule has 0 unspecified atom stereocenters. The summed E-state index contributed by atoms with van der Waals surface area (Å²) < 4.78 is 44.4. The summed E-state index contributed by atoms with van der Waals surface area (Å²) in [6, 6.07) is 5.62. The molecule has 0 spiro atoms. The summed E-state index contributed by atoms with van der Waals surface area (Å²) in [5, 5.41) is 12.7. The maximum absolute atomic E-state index is 9.75. The van der Waals surface area contributed by atoms with Gasteiger partial charge in [0.2, 0.25) is 0 Å². The Morgan fingerprint density at radius 1 is 0.650 bits per heavy atom. The van der Waals surface area contributed by atoms with Gasteiger partial charge in [0.1, 0.15) is 11.6 Å². The number of hydrogen-bond donors (Lipinski definition) is 0. The van der Waals surface area contributed by atoms with Gasteiger partial charge < -0.3 is 40.6 Å². The zero-order chi connectivity index (χ0) is 30.8. The van der Waals surface area contributed by atoms with Crippen LogP contribution in [0.4, 0.5) is 17.3 Å². The van der Waals surface area contributed by atoms with E-state index in [4.69, 9.17) is 0 Å². The molecule has 0 amide bonds. The van der Waals surface area contributed by atoms with Crippen molar-refractivity contribution in [3.05, 3.63) is 55.4 Å². The molecule has 3 rings (SSSR count). The number of halogens is 4.